The van der Waals surface area contributed by atoms with Crippen LogP contribution in [0.25, 0.3) is 10.8 Å². The van der Waals surface area contributed by atoms with Crippen LogP contribution >= 0.6 is 11.3 Å². The highest BCUT2D eigenvalue weighted by Gasteiger charge is 2.25. The van der Waals surface area contributed by atoms with E-state index >= 15 is 0 Å². The van der Waals surface area contributed by atoms with E-state index in [9.17, 15) is 13.5 Å². The first-order chi connectivity index (χ1) is 20.2. The number of rotatable bonds is 12. The number of ether oxygens (including phenoxy) is 2. The van der Waals surface area contributed by atoms with Crippen LogP contribution in [0.3, 0.4) is 0 Å². The highest BCUT2D eigenvalue weighted by molar-refractivity contribution is 7.91. The van der Waals surface area contributed by atoms with Gasteiger partial charge in [-0.1, -0.05) is 18.2 Å². The molecule has 1 aliphatic heterocycles. The van der Waals surface area contributed by atoms with E-state index in [0.29, 0.717) is 34.6 Å². The van der Waals surface area contributed by atoms with Crippen molar-refractivity contribution in [3.05, 3.63) is 65.7 Å². The predicted molar refractivity (Wildman–Crippen MR) is 169 cm³/mol. The van der Waals surface area contributed by atoms with Crippen LogP contribution in [-0.2, 0) is 10.0 Å². The van der Waals surface area contributed by atoms with Crippen molar-refractivity contribution >= 4 is 37.8 Å². The van der Waals surface area contributed by atoms with Gasteiger partial charge in [0.25, 0.3) is 0 Å². The fraction of sp³-hybridized carbons (Fsp3) is 0.419. The van der Waals surface area contributed by atoms with E-state index in [1.54, 1.807) is 31.7 Å². The van der Waals surface area contributed by atoms with Crippen LogP contribution in [0.1, 0.15) is 38.3 Å². The van der Waals surface area contributed by atoms with Crippen molar-refractivity contribution < 1.29 is 23.0 Å². The lowest BCUT2D eigenvalue weighted by Gasteiger charge is -2.38. The molecule has 0 radical (unpaired) electrons. The van der Waals surface area contributed by atoms with Gasteiger partial charge in [-0.15, -0.1) is 11.3 Å². The molecule has 0 spiro atoms. The molecule has 5 rings (SSSR count). The first kappa shape index (κ1) is 30.2. The Bertz CT molecular complexity index is 1590. The van der Waals surface area contributed by atoms with Crippen LogP contribution in [0.2, 0.25) is 0 Å². The minimum absolute atomic E-state index is 0.187. The largest absolute Gasteiger partial charge is 0.494 e. The van der Waals surface area contributed by atoms with Gasteiger partial charge in [0.15, 0.2) is 17.4 Å². The summed E-state index contributed by atoms with van der Waals surface area (Å²) in [5, 5.41) is 15.1. The van der Waals surface area contributed by atoms with E-state index in [1.165, 1.54) is 11.3 Å². The maximum Gasteiger partial charge on any atom is 0.250 e. The van der Waals surface area contributed by atoms with Gasteiger partial charge >= 0.3 is 0 Å². The Labute approximate surface area is 252 Å². The van der Waals surface area contributed by atoms with Crippen molar-refractivity contribution in [3.63, 3.8) is 0 Å². The highest BCUT2D eigenvalue weighted by atomic mass is 32.2. The van der Waals surface area contributed by atoms with Crippen LogP contribution in [0.15, 0.2) is 64.3 Å². The second-order valence-corrected chi connectivity index (χ2v) is 13.8. The van der Waals surface area contributed by atoms with Crippen LogP contribution in [0.4, 0.5) is 5.69 Å². The number of piperazine rings is 1. The molecule has 226 valence electrons. The summed E-state index contributed by atoms with van der Waals surface area (Å²) < 4.78 is 41.3. The van der Waals surface area contributed by atoms with Crippen molar-refractivity contribution in [1.82, 2.24) is 14.2 Å². The van der Waals surface area contributed by atoms with Gasteiger partial charge in [0.05, 0.1) is 20.3 Å². The van der Waals surface area contributed by atoms with Gasteiger partial charge in [-0.25, -0.2) is 13.1 Å². The molecule has 11 heteroatoms. The zero-order chi connectivity index (χ0) is 29.9. The topological polar surface area (TPSA) is 96.3 Å². The Morgan fingerprint density at radius 1 is 0.976 bits per heavy atom. The number of hydrogen-bond donors (Lipinski definition) is 2. The zero-order valence-corrected chi connectivity index (χ0v) is 26.2. The van der Waals surface area contributed by atoms with Gasteiger partial charge in [0.1, 0.15) is 4.21 Å². The Kier molecular flexibility index (Phi) is 9.32. The van der Waals surface area contributed by atoms with Crippen LogP contribution < -0.4 is 19.1 Å². The Hall–Kier alpha value is -3.25. The van der Waals surface area contributed by atoms with Crippen molar-refractivity contribution in [2.75, 3.05) is 51.8 Å². The average molecular weight is 613 g/mol. The number of aromatic hydroxyl groups is 1. The average Bonchev–Trinajstić information content (AvgIpc) is 3.66. The molecule has 42 heavy (non-hydrogen) atoms. The quantitative estimate of drug-likeness (QED) is 0.210. The number of benzene rings is 2. The molecule has 1 fully saturated rings. The van der Waals surface area contributed by atoms with E-state index in [-0.39, 0.29) is 18.5 Å². The number of nitrogens with one attached hydrogen (secondary N) is 1. The van der Waals surface area contributed by atoms with Gasteiger partial charge < -0.3 is 24.0 Å². The maximum absolute atomic E-state index is 12.7. The number of nitrogens with zero attached hydrogens (tertiary/aromatic N) is 3. The normalized spacial score (nSPS) is 15.4. The standard InChI is InChI=1S/C31H40N4O5S2/c1-22(2)33-15-17-34(18-16-33)27-9-5-8-24-25(27)21-35(31(24)36)26(23-12-13-28(39-3)29(20-23)40-4)10-6-14-32-42(37,38)30-11-7-19-41-30/h5,7-9,11-13,19-22,26,32,36H,6,10,14-18H2,1-4H3/t26-/m1/s1. The molecule has 1 saturated heterocycles. The van der Waals surface area contributed by atoms with E-state index in [4.69, 9.17) is 9.47 Å². The van der Waals surface area contributed by atoms with Crippen LogP contribution in [0, 0.1) is 0 Å². The molecule has 0 bridgehead atoms. The van der Waals surface area contributed by atoms with Gasteiger partial charge in [-0.05, 0) is 68.0 Å². The van der Waals surface area contributed by atoms with E-state index in [2.05, 4.69) is 34.4 Å². The van der Waals surface area contributed by atoms with Crippen LogP contribution in [0.5, 0.6) is 17.4 Å². The summed E-state index contributed by atoms with van der Waals surface area (Å²) in [5.74, 6) is 1.40. The predicted octanol–water partition coefficient (Wildman–Crippen LogP) is 5.30. The molecular weight excluding hydrogens is 572 g/mol. The highest BCUT2D eigenvalue weighted by Crippen LogP contribution is 2.40. The number of aromatic nitrogens is 1. The number of fused-ring (bicyclic) bond motifs is 1. The van der Waals surface area contributed by atoms with Gasteiger partial charge in [-0.2, -0.15) is 0 Å². The van der Waals surface area contributed by atoms with Crippen molar-refractivity contribution in [2.24, 2.45) is 0 Å². The third-order valence-electron chi connectivity index (χ3n) is 8.06. The van der Waals surface area contributed by atoms with Crippen molar-refractivity contribution in [3.8, 4) is 17.4 Å². The number of methoxy groups -OCH3 is 2. The van der Waals surface area contributed by atoms with Crippen molar-refractivity contribution in [2.45, 2.75) is 43.0 Å². The third kappa shape index (κ3) is 6.24. The smallest absolute Gasteiger partial charge is 0.250 e. The molecule has 2 aromatic carbocycles. The SMILES string of the molecule is COc1ccc([C@@H](CCCNS(=O)(=O)c2cccs2)n2cc3c(N4CCN(C(C)C)CC4)cccc3c2O)cc1OC. The molecule has 9 nitrogen and oxygen atoms in total. The van der Waals surface area contributed by atoms with Gasteiger partial charge in [0, 0.05) is 61.4 Å². The number of sulfonamides is 1. The molecule has 3 heterocycles. The Balaban J connectivity index is 1.46. The van der Waals surface area contributed by atoms with Crippen LogP contribution in [-0.4, -0.2) is 76.0 Å². The molecule has 0 aliphatic carbocycles. The second kappa shape index (κ2) is 12.9. The van der Waals surface area contributed by atoms with Gasteiger partial charge in [0.2, 0.25) is 10.0 Å². The monoisotopic (exact) mass is 612 g/mol. The second-order valence-electron chi connectivity index (χ2n) is 10.8. The summed E-state index contributed by atoms with van der Waals surface area (Å²) >= 11 is 1.19. The van der Waals surface area contributed by atoms with Gasteiger partial charge in [-0.3, -0.25) is 4.90 Å². The number of thiophene rings is 1. The number of anilines is 1. The summed E-state index contributed by atoms with van der Waals surface area (Å²) in [6, 6.07) is 15.4. The first-order valence-electron chi connectivity index (χ1n) is 14.3. The minimum Gasteiger partial charge on any atom is -0.494 e. The summed E-state index contributed by atoms with van der Waals surface area (Å²) in [5.41, 5.74) is 2.04. The molecule has 2 N–H and O–H groups in total. The Morgan fingerprint density at radius 3 is 2.40 bits per heavy atom. The molecule has 1 aliphatic rings. The third-order valence-corrected chi connectivity index (χ3v) is 10.9. The summed E-state index contributed by atoms with van der Waals surface area (Å²) in [4.78, 5) is 4.88. The fourth-order valence-electron chi connectivity index (χ4n) is 5.73. The lowest BCUT2D eigenvalue weighted by atomic mass is 10.0. The Morgan fingerprint density at radius 2 is 1.74 bits per heavy atom. The summed E-state index contributed by atoms with van der Waals surface area (Å²) in [6.45, 7) is 8.58. The van der Waals surface area contributed by atoms with E-state index in [1.807, 2.05) is 41.1 Å². The molecule has 0 unspecified atom stereocenters. The first-order valence-corrected chi connectivity index (χ1v) is 16.7. The minimum atomic E-state index is -3.55. The molecular formula is C31H40N4O5S2. The molecule has 1 atom stereocenters. The summed E-state index contributed by atoms with van der Waals surface area (Å²) in [7, 11) is -0.354. The van der Waals surface area contributed by atoms with E-state index < -0.39 is 10.0 Å². The maximum atomic E-state index is 12.7. The zero-order valence-electron chi connectivity index (χ0n) is 24.6. The lowest BCUT2D eigenvalue weighted by Crippen LogP contribution is -2.48. The van der Waals surface area contributed by atoms with Crippen molar-refractivity contribution in [1.29, 1.82) is 0 Å². The number of hydrogen-bond acceptors (Lipinski definition) is 8. The summed E-state index contributed by atoms with van der Waals surface area (Å²) in [6.07, 6.45) is 3.17. The molecule has 0 amide bonds. The fourth-order valence-corrected chi connectivity index (χ4v) is 7.84. The molecule has 2 aromatic heterocycles. The lowest BCUT2D eigenvalue weighted by molar-refractivity contribution is 0.209. The van der Waals surface area contributed by atoms with E-state index in [0.717, 1.165) is 48.2 Å². The molecule has 0 saturated carbocycles. The molecule has 4 aromatic rings.